The maximum absolute atomic E-state index is 14.3. The summed E-state index contributed by atoms with van der Waals surface area (Å²) in [6.07, 6.45) is 2.27. The Balaban J connectivity index is 1.68. The largest absolute Gasteiger partial charge is 0.380 e. The summed E-state index contributed by atoms with van der Waals surface area (Å²) in [5.41, 5.74) is 2.18. The van der Waals surface area contributed by atoms with Crippen molar-refractivity contribution in [2.24, 2.45) is 0 Å². The van der Waals surface area contributed by atoms with Crippen LogP contribution < -0.4 is 0 Å². The van der Waals surface area contributed by atoms with Gasteiger partial charge in [0, 0.05) is 10.8 Å². The molecule has 0 radical (unpaired) electrons. The minimum absolute atomic E-state index is 0.285. The van der Waals surface area contributed by atoms with E-state index in [0.29, 0.717) is 17.4 Å². The molecule has 1 heterocycles. The lowest BCUT2D eigenvalue weighted by Gasteiger charge is -2.29. The summed E-state index contributed by atoms with van der Waals surface area (Å²) < 4.78 is 16.2. The molecule has 3 nitrogen and oxygen atoms in total. The molecular formula is C26H21FN2O. The van der Waals surface area contributed by atoms with Crippen LogP contribution in [0.3, 0.4) is 0 Å². The van der Waals surface area contributed by atoms with Gasteiger partial charge >= 0.3 is 0 Å². The van der Waals surface area contributed by atoms with E-state index < -0.39 is 5.60 Å². The average molecular weight is 396 g/mol. The van der Waals surface area contributed by atoms with Gasteiger partial charge in [0.2, 0.25) is 0 Å². The Kier molecular flexibility index (Phi) is 4.37. The predicted molar refractivity (Wildman–Crippen MR) is 118 cm³/mol. The second kappa shape index (κ2) is 7.08. The molecule has 5 rings (SSSR count). The zero-order valence-electron chi connectivity index (χ0n) is 16.6. The lowest BCUT2D eigenvalue weighted by molar-refractivity contribution is 0.0782. The number of fused-ring (bicyclic) bond motifs is 2. The highest BCUT2D eigenvalue weighted by atomic mass is 19.1. The first kappa shape index (κ1) is 18.5. The SMILES string of the molecule is CCC(O)(c1ccc2c(cnn2-c2ccccc2)c1)c1ccc(F)c2ccccc12. The lowest BCUT2D eigenvalue weighted by Crippen LogP contribution is -2.26. The highest BCUT2D eigenvalue weighted by Gasteiger charge is 2.32. The molecule has 0 saturated heterocycles. The van der Waals surface area contributed by atoms with E-state index in [0.717, 1.165) is 27.5 Å². The third-order valence-corrected chi connectivity index (χ3v) is 5.87. The number of nitrogens with zero attached hydrogens (tertiary/aromatic N) is 2. The summed E-state index contributed by atoms with van der Waals surface area (Å²) in [4.78, 5) is 0. The quantitative estimate of drug-likeness (QED) is 0.407. The molecule has 0 aliphatic carbocycles. The predicted octanol–water partition coefficient (Wildman–Crippen LogP) is 5.96. The van der Waals surface area contributed by atoms with E-state index in [-0.39, 0.29) is 5.82 Å². The van der Waals surface area contributed by atoms with Crippen molar-refractivity contribution in [2.75, 3.05) is 0 Å². The Bertz CT molecular complexity index is 1360. The third-order valence-electron chi connectivity index (χ3n) is 5.87. The zero-order valence-corrected chi connectivity index (χ0v) is 16.6. The third kappa shape index (κ3) is 2.80. The molecule has 0 aliphatic rings. The van der Waals surface area contributed by atoms with Crippen LogP contribution in [-0.2, 0) is 5.60 Å². The highest BCUT2D eigenvalue weighted by molar-refractivity contribution is 5.88. The fraction of sp³-hybridized carbons (Fsp3) is 0.115. The average Bonchev–Trinajstić information content (AvgIpc) is 3.23. The Labute approximate surface area is 174 Å². The van der Waals surface area contributed by atoms with Crippen LogP contribution in [0.2, 0.25) is 0 Å². The van der Waals surface area contributed by atoms with Crippen LogP contribution in [0.4, 0.5) is 4.39 Å². The summed E-state index contributed by atoms with van der Waals surface area (Å²) in [6.45, 7) is 1.94. The van der Waals surface area contributed by atoms with Crippen LogP contribution in [0.25, 0.3) is 27.4 Å². The van der Waals surface area contributed by atoms with Crippen LogP contribution in [0.5, 0.6) is 0 Å². The molecule has 0 saturated carbocycles. The van der Waals surface area contributed by atoms with Crippen LogP contribution in [0.15, 0.2) is 91.1 Å². The van der Waals surface area contributed by atoms with E-state index in [1.807, 2.05) is 84.5 Å². The van der Waals surface area contributed by atoms with Crippen LogP contribution >= 0.6 is 0 Å². The Morgan fingerprint density at radius 2 is 1.63 bits per heavy atom. The molecule has 1 aromatic heterocycles. The second-order valence-electron chi connectivity index (χ2n) is 7.52. The van der Waals surface area contributed by atoms with Gasteiger partial charge < -0.3 is 5.11 Å². The van der Waals surface area contributed by atoms with Crippen molar-refractivity contribution in [3.8, 4) is 5.69 Å². The first-order valence-electron chi connectivity index (χ1n) is 10.1. The molecular weight excluding hydrogens is 375 g/mol. The van der Waals surface area contributed by atoms with Crippen molar-refractivity contribution in [1.82, 2.24) is 9.78 Å². The smallest absolute Gasteiger partial charge is 0.131 e. The van der Waals surface area contributed by atoms with Gasteiger partial charge in [-0.25, -0.2) is 9.07 Å². The molecule has 5 aromatic rings. The number of hydrogen-bond acceptors (Lipinski definition) is 2. The number of aliphatic hydroxyl groups is 1. The van der Waals surface area contributed by atoms with Crippen molar-refractivity contribution in [3.05, 3.63) is 108 Å². The van der Waals surface area contributed by atoms with E-state index in [2.05, 4.69) is 5.10 Å². The fourth-order valence-corrected chi connectivity index (χ4v) is 4.24. The number of halogens is 1. The molecule has 30 heavy (non-hydrogen) atoms. The second-order valence-corrected chi connectivity index (χ2v) is 7.52. The Hall–Kier alpha value is -3.50. The molecule has 4 aromatic carbocycles. The monoisotopic (exact) mass is 396 g/mol. The van der Waals surface area contributed by atoms with Crippen molar-refractivity contribution in [3.63, 3.8) is 0 Å². The molecule has 0 amide bonds. The summed E-state index contributed by atoms with van der Waals surface area (Å²) >= 11 is 0. The molecule has 0 spiro atoms. The topological polar surface area (TPSA) is 38.1 Å². The van der Waals surface area contributed by atoms with Gasteiger partial charge in [-0.2, -0.15) is 5.10 Å². The van der Waals surface area contributed by atoms with Crippen molar-refractivity contribution in [1.29, 1.82) is 0 Å². The molecule has 148 valence electrons. The normalized spacial score (nSPS) is 13.6. The van der Waals surface area contributed by atoms with Gasteiger partial charge in [-0.05, 0) is 53.3 Å². The molecule has 0 aliphatic heterocycles. The first-order valence-corrected chi connectivity index (χ1v) is 10.1. The number of hydrogen-bond donors (Lipinski definition) is 1. The molecule has 0 fully saturated rings. The highest BCUT2D eigenvalue weighted by Crippen LogP contribution is 2.39. The van der Waals surface area contributed by atoms with Gasteiger partial charge in [-0.15, -0.1) is 0 Å². The van der Waals surface area contributed by atoms with E-state index in [1.54, 1.807) is 12.1 Å². The molecule has 4 heteroatoms. The van der Waals surface area contributed by atoms with Crippen molar-refractivity contribution < 1.29 is 9.50 Å². The van der Waals surface area contributed by atoms with Crippen LogP contribution in [0.1, 0.15) is 24.5 Å². The van der Waals surface area contributed by atoms with Gasteiger partial charge in [0.15, 0.2) is 0 Å². The first-order chi connectivity index (χ1) is 14.6. The summed E-state index contributed by atoms with van der Waals surface area (Å²) in [5, 5.41) is 18.5. The molecule has 0 bridgehead atoms. The van der Waals surface area contributed by atoms with Gasteiger partial charge in [-0.3, -0.25) is 0 Å². The van der Waals surface area contributed by atoms with E-state index in [1.165, 1.54) is 6.07 Å². The van der Waals surface area contributed by atoms with Gasteiger partial charge in [0.25, 0.3) is 0 Å². The van der Waals surface area contributed by atoms with E-state index in [9.17, 15) is 9.50 Å². The minimum atomic E-state index is -1.24. The fourth-order valence-electron chi connectivity index (χ4n) is 4.24. The lowest BCUT2D eigenvalue weighted by atomic mass is 9.81. The zero-order chi connectivity index (χ0) is 20.7. The van der Waals surface area contributed by atoms with Gasteiger partial charge in [-0.1, -0.05) is 61.5 Å². The maximum atomic E-state index is 14.3. The summed E-state index contributed by atoms with van der Waals surface area (Å²) in [6, 6.07) is 26.3. The minimum Gasteiger partial charge on any atom is -0.380 e. The molecule has 1 atom stereocenters. The summed E-state index contributed by atoms with van der Waals surface area (Å²) in [5.74, 6) is -0.285. The van der Waals surface area contributed by atoms with Crippen molar-refractivity contribution >= 4 is 21.7 Å². The molecule has 1 N–H and O–H groups in total. The van der Waals surface area contributed by atoms with E-state index >= 15 is 0 Å². The van der Waals surface area contributed by atoms with Crippen molar-refractivity contribution in [2.45, 2.75) is 18.9 Å². The number of para-hydroxylation sites is 1. The van der Waals surface area contributed by atoms with Crippen LogP contribution in [-0.4, -0.2) is 14.9 Å². The number of benzene rings is 4. The number of rotatable bonds is 4. The Morgan fingerprint density at radius 3 is 2.40 bits per heavy atom. The van der Waals surface area contributed by atoms with Gasteiger partial charge in [0.1, 0.15) is 11.4 Å². The maximum Gasteiger partial charge on any atom is 0.131 e. The summed E-state index contributed by atoms with van der Waals surface area (Å²) in [7, 11) is 0. The van der Waals surface area contributed by atoms with E-state index in [4.69, 9.17) is 0 Å². The number of aromatic nitrogens is 2. The van der Waals surface area contributed by atoms with Gasteiger partial charge in [0.05, 0.1) is 17.4 Å². The van der Waals surface area contributed by atoms with Crippen LogP contribution in [0, 0.1) is 5.82 Å². The Morgan fingerprint density at radius 1 is 0.900 bits per heavy atom. The standard InChI is InChI=1S/C26H21FN2O/c1-2-26(30,23-13-14-24(27)22-11-7-6-10-21(22)23)19-12-15-25-18(16-19)17-28-29(25)20-8-4-3-5-9-20/h3-17,30H,2H2,1H3. The molecule has 1 unspecified atom stereocenters.